The van der Waals surface area contributed by atoms with Crippen LogP contribution >= 0.6 is 0 Å². The Labute approximate surface area is 114 Å². The third-order valence-electron chi connectivity index (χ3n) is 3.01. The molecule has 1 rings (SSSR count). The van der Waals surface area contributed by atoms with Crippen molar-refractivity contribution in [2.24, 2.45) is 0 Å². The van der Waals surface area contributed by atoms with Gasteiger partial charge in [-0.1, -0.05) is 44.9 Å². The molecule has 0 saturated carbocycles. The highest BCUT2D eigenvalue weighted by Crippen LogP contribution is 2.14. The van der Waals surface area contributed by atoms with Crippen molar-refractivity contribution in [2.45, 2.75) is 46.0 Å². The Balaban J connectivity index is 2.60. The van der Waals surface area contributed by atoms with Gasteiger partial charge in [0.25, 0.3) is 0 Å². The van der Waals surface area contributed by atoms with Gasteiger partial charge in [0.15, 0.2) is 0 Å². The van der Waals surface area contributed by atoms with Crippen LogP contribution < -0.4 is 0 Å². The van der Waals surface area contributed by atoms with Crippen LogP contribution in [-0.2, 0) is 10.9 Å². The van der Waals surface area contributed by atoms with Crippen LogP contribution in [-0.4, -0.2) is 16.6 Å². The summed E-state index contributed by atoms with van der Waals surface area (Å²) in [6, 6.07) is 9.79. The van der Waals surface area contributed by atoms with Crippen molar-refractivity contribution in [3.05, 3.63) is 35.9 Å². The fourth-order valence-electron chi connectivity index (χ4n) is 1.87. The monoisotopic (exact) mass is 265 g/mol. The van der Waals surface area contributed by atoms with Gasteiger partial charge in [-0.15, -0.1) is 0 Å². The molecule has 18 heavy (non-hydrogen) atoms. The van der Waals surface area contributed by atoms with Gasteiger partial charge in [-0.2, -0.15) is 0 Å². The van der Waals surface area contributed by atoms with Crippen LogP contribution in [0.5, 0.6) is 0 Å². The number of hydrogen-bond acceptors (Lipinski definition) is 1. The van der Waals surface area contributed by atoms with Gasteiger partial charge in [-0.05, 0) is 31.4 Å². The predicted octanol–water partition coefficient (Wildman–Crippen LogP) is 4.44. The van der Waals surface area contributed by atoms with Crippen molar-refractivity contribution in [3.8, 4) is 0 Å². The van der Waals surface area contributed by atoms with Crippen molar-refractivity contribution in [1.29, 1.82) is 0 Å². The third-order valence-corrected chi connectivity index (χ3v) is 5.33. The van der Waals surface area contributed by atoms with Crippen molar-refractivity contribution in [3.63, 3.8) is 0 Å². The van der Waals surface area contributed by atoms with Crippen LogP contribution in [0.1, 0.15) is 56.3 Å². The van der Waals surface area contributed by atoms with E-state index in [0.29, 0.717) is 5.12 Å². The van der Waals surface area contributed by atoms with Crippen LogP contribution in [0.25, 0.3) is 0 Å². The Kier molecular flexibility index (Phi) is 7.83. The highest BCUT2D eigenvalue weighted by Gasteiger charge is 2.28. The first-order valence-corrected chi connectivity index (χ1v) is 8.62. The van der Waals surface area contributed by atoms with Crippen molar-refractivity contribution in [2.75, 3.05) is 11.5 Å². The fraction of sp³-hybridized carbons (Fsp3) is 0.562. The number of benzene rings is 1. The smallest absolute Gasteiger partial charge is 0.232 e. The Bertz CT molecular complexity index is 334. The van der Waals surface area contributed by atoms with Crippen LogP contribution in [0.4, 0.5) is 0 Å². The molecule has 1 nitrogen and oxygen atoms in total. The largest absolute Gasteiger partial charge is 0.361 e. The summed E-state index contributed by atoms with van der Waals surface area (Å²) in [5.41, 5.74) is 0.897. The summed E-state index contributed by atoms with van der Waals surface area (Å²) in [7, 11) is -0.0605. The summed E-state index contributed by atoms with van der Waals surface area (Å²) in [5, 5.41) is 0.375. The van der Waals surface area contributed by atoms with E-state index in [9.17, 15) is 4.79 Å². The first-order valence-electron chi connectivity index (χ1n) is 7.06. The summed E-state index contributed by atoms with van der Waals surface area (Å²) in [6.07, 6.45) is 6.03. The summed E-state index contributed by atoms with van der Waals surface area (Å²) in [6.45, 7) is 4.41. The summed E-state index contributed by atoms with van der Waals surface area (Å²) in [4.78, 5) is 12.5. The van der Waals surface area contributed by atoms with Crippen molar-refractivity contribution >= 4 is 16.0 Å². The molecule has 0 fully saturated rings. The Morgan fingerprint density at radius 2 is 1.56 bits per heavy atom. The molecule has 0 aliphatic rings. The molecule has 0 saturated heterocycles. The van der Waals surface area contributed by atoms with E-state index in [-0.39, 0.29) is 10.9 Å². The molecule has 2 heteroatoms. The molecular formula is C16H25OS+. The normalized spacial score (nSPS) is 12.3. The van der Waals surface area contributed by atoms with E-state index in [2.05, 4.69) is 13.8 Å². The summed E-state index contributed by atoms with van der Waals surface area (Å²) in [5.74, 6) is 2.16. The van der Waals surface area contributed by atoms with Gasteiger partial charge < -0.3 is 0 Å². The minimum absolute atomic E-state index is 0.0605. The predicted molar refractivity (Wildman–Crippen MR) is 82.3 cm³/mol. The zero-order valence-corrected chi connectivity index (χ0v) is 12.5. The lowest BCUT2D eigenvalue weighted by molar-refractivity contribution is 0.108. The highest BCUT2D eigenvalue weighted by molar-refractivity contribution is 8.11. The van der Waals surface area contributed by atoms with E-state index >= 15 is 0 Å². The van der Waals surface area contributed by atoms with Gasteiger partial charge in [-0.25, -0.2) is 4.79 Å². The molecule has 0 bridgehead atoms. The van der Waals surface area contributed by atoms with Gasteiger partial charge >= 0.3 is 5.12 Å². The standard InChI is InChI=1S/C16H25OS/c1-3-5-10-14-18(13-6-4-2)16(17)15-11-8-7-9-12-15/h7-9,11-12H,3-6,10,13-14H2,1-2H3/q+1. The van der Waals surface area contributed by atoms with Crippen LogP contribution in [0, 0.1) is 0 Å². The molecule has 0 aliphatic heterocycles. The Morgan fingerprint density at radius 3 is 2.17 bits per heavy atom. The molecule has 0 N–H and O–H groups in total. The lowest BCUT2D eigenvalue weighted by Crippen LogP contribution is -2.22. The first-order chi connectivity index (χ1) is 8.79. The van der Waals surface area contributed by atoms with Crippen LogP contribution in [0.15, 0.2) is 30.3 Å². The van der Waals surface area contributed by atoms with E-state index in [0.717, 1.165) is 17.1 Å². The Morgan fingerprint density at radius 1 is 0.944 bits per heavy atom. The van der Waals surface area contributed by atoms with Crippen LogP contribution in [0.2, 0.25) is 0 Å². The molecule has 1 aromatic carbocycles. The van der Waals surface area contributed by atoms with Crippen LogP contribution in [0.3, 0.4) is 0 Å². The van der Waals surface area contributed by atoms with E-state index in [4.69, 9.17) is 0 Å². The molecule has 1 atom stereocenters. The summed E-state index contributed by atoms with van der Waals surface area (Å²) >= 11 is 0. The van der Waals surface area contributed by atoms with E-state index < -0.39 is 0 Å². The molecule has 0 aliphatic carbocycles. The molecule has 1 aromatic rings. The molecule has 0 aromatic heterocycles. The zero-order chi connectivity index (χ0) is 13.2. The van der Waals surface area contributed by atoms with Gasteiger partial charge in [0.1, 0.15) is 11.5 Å². The second kappa shape index (κ2) is 9.21. The second-order valence-electron chi connectivity index (χ2n) is 4.62. The maximum Gasteiger partial charge on any atom is 0.361 e. The number of hydrogen-bond donors (Lipinski definition) is 0. The third kappa shape index (κ3) is 5.26. The lowest BCUT2D eigenvalue weighted by atomic mass is 10.2. The lowest BCUT2D eigenvalue weighted by Gasteiger charge is -2.06. The summed E-state index contributed by atoms with van der Waals surface area (Å²) < 4.78 is 0. The second-order valence-corrected chi connectivity index (χ2v) is 6.79. The minimum atomic E-state index is -0.0605. The number of carbonyl (C=O) groups excluding carboxylic acids is 1. The van der Waals surface area contributed by atoms with E-state index in [1.165, 1.54) is 32.1 Å². The first kappa shape index (κ1) is 15.3. The van der Waals surface area contributed by atoms with E-state index in [1.807, 2.05) is 30.3 Å². The number of rotatable bonds is 8. The quantitative estimate of drug-likeness (QED) is 0.502. The average Bonchev–Trinajstić information content (AvgIpc) is 2.43. The molecule has 100 valence electrons. The van der Waals surface area contributed by atoms with Crippen molar-refractivity contribution in [1.82, 2.24) is 0 Å². The van der Waals surface area contributed by atoms with E-state index in [1.54, 1.807) is 0 Å². The molecule has 0 amide bonds. The molecule has 0 radical (unpaired) electrons. The molecule has 0 spiro atoms. The van der Waals surface area contributed by atoms with Gasteiger partial charge in [0.2, 0.25) is 0 Å². The Hall–Kier alpha value is -0.760. The number of unbranched alkanes of at least 4 members (excludes halogenated alkanes) is 3. The molecule has 1 unspecified atom stereocenters. The average molecular weight is 265 g/mol. The minimum Gasteiger partial charge on any atom is -0.232 e. The highest BCUT2D eigenvalue weighted by atomic mass is 32.2. The molecular weight excluding hydrogens is 240 g/mol. The maximum atomic E-state index is 12.5. The zero-order valence-electron chi connectivity index (χ0n) is 11.7. The SMILES string of the molecule is CCCCC[S+](CCCC)C(=O)c1ccccc1. The maximum absolute atomic E-state index is 12.5. The van der Waals surface area contributed by atoms with Gasteiger partial charge in [-0.3, -0.25) is 0 Å². The topological polar surface area (TPSA) is 17.1 Å². The molecule has 0 heterocycles. The van der Waals surface area contributed by atoms with Crippen molar-refractivity contribution < 1.29 is 4.79 Å². The fourth-order valence-corrected chi connectivity index (χ4v) is 4.11. The van der Waals surface area contributed by atoms with Gasteiger partial charge in [0.05, 0.1) is 16.5 Å². The number of carbonyl (C=O) groups is 1. The van der Waals surface area contributed by atoms with Gasteiger partial charge in [0, 0.05) is 0 Å².